The van der Waals surface area contributed by atoms with E-state index in [2.05, 4.69) is 39.2 Å². The van der Waals surface area contributed by atoms with Crippen molar-refractivity contribution < 1.29 is 52.3 Å². The molecule has 48 heavy (non-hydrogen) atoms. The maximum atomic E-state index is 14.1. The number of hydrogen-bond donors (Lipinski definition) is 2. The minimum absolute atomic E-state index is 0.0450. The van der Waals surface area contributed by atoms with Crippen LogP contribution in [0.5, 0.6) is 0 Å². The van der Waals surface area contributed by atoms with Crippen LogP contribution in [0.2, 0.25) is 18.1 Å². The molecule has 0 spiro atoms. The van der Waals surface area contributed by atoms with Gasteiger partial charge in [-0.15, -0.1) is 0 Å². The Bertz CT molecular complexity index is 1290. The van der Waals surface area contributed by atoms with E-state index >= 15 is 0 Å². The molecule has 13 nitrogen and oxygen atoms in total. The molecule has 2 N–H and O–H groups in total. The largest absolute Gasteiger partial charge is 0.467 e. The molecule has 270 valence electrons. The van der Waals surface area contributed by atoms with Gasteiger partial charge in [0.25, 0.3) is 0 Å². The van der Waals surface area contributed by atoms with Crippen LogP contribution < -0.4 is 5.32 Å². The third kappa shape index (κ3) is 7.84. The maximum absolute atomic E-state index is 14.1. The standard InChI is InChI=1S/C34H54N2O11Si/c1-30(2,3)47-29(40)36-24(19-46-48(9,10)31(4,5)6)16-17-33(36,27(38)41-8)26(37)25(34-43-20-32(7,21-44-34)22-45-34)35-28(39)42-18-23-14-12-11-13-15-23/h11-15,24-26,37H,16-22H2,1-10H3,(H,35,39)/t24-,25-,26+,32?,33-,34?/m1/s1. The number of ether oxygens (including phenoxy) is 6. The monoisotopic (exact) mass is 694 g/mol. The smallest absolute Gasteiger partial charge is 0.411 e. The minimum Gasteiger partial charge on any atom is -0.467 e. The normalized spacial score (nSPS) is 28.8. The van der Waals surface area contributed by atoms with Gasteiger partial charge in [-0.05, 0) is 57.3 Å². The highest BCUT2D eigenvalue weighted by Gasteiger charge is 2.68. The highest BCUT2D eigenvalue weighted by molar-refractivity contribution is 6.74. The molecule has 2 amide bonds. The van der Waals surface area contributed by atoms with Crippen molar-refractivity contribution in [3.05, 3.63) is 35.9 Å². The van der Waals surface area contributed by atoms with E-state index in [1.807, 2.05) is 25.1 Å². The molecule has 4 aliphatic heterocycles. The van der Waals surface area contributed by atoms with E-state index in [0.29, 0.717) is 0 Å². The highest BCUT2D eigenvalue weighted by Crippen LogP contribution is 2.47. The lowest BCUT2D eigenvalue weighted by Gasteiger charge is -2.55. The molecule has 4 aliphatic rings. The van der Waals surface area contributed by atoms with Crippen LogP contribution in [0.3, 0.4) is 0 Å². The van der Waals surface area contributed by atoms with E-state index in [1.54, 1.807) is 32.9 Å². The average molecular weight is 695 g/mol. The van der Waals surface area contributed by atoms with Crippen molar-refractivity contribution in [2.45, 2.75) is 121 Å². The lowest BCUT2D eigenvalue weighted by atomic mass is 9.82. The Kier molecular flexibility index (Phi) is 11.0. The Morgan fingerprint density at radius 3 is 2.15 bits per heavy atom. The number of amides is 2. The Labute approximate surface area is 285 Å². The number of rotatable bonds is 10. The van der Waals surface area contributed by atoms with Gasteiger partial charge in [0, 0.05) is 5.41 Å². The van der Waals surface area contributed by atoms with Crippen LogP contribution in [-0.4, -0.2) is 105 Å². The van der Waals surface area contributed by atoms with E-state index in [-0.39, 0.29) is 50.9 Å². The van der Waals surface area contributed by atoms with Gasteiger partial charge in [-0.1, -0.05) is 58.0 Å². The molecule has 4 saturated heterocycles. The summed E-state index contributed by atoms with van der Waals surface area (Å²) in [5.41, 5.74) is -2.73. The van der Waals surface area contributed by atoms with Crippen molar-refractivity contribution in [3.63, 3.8) is 0 Å². The third-order valence-corrected chi connectivity index (χ3v) is 14.3. The van der Waals surface area contributed by atoms with Crippen LogP contribution >= 0.6 is 0 Å². The van der Waals surface area contributed by atoms with E-state index in [1.165, 1.54) is 12.0 Å². The summed E-state index contributed by atoms with van der Waals surface area (Å²) in [6.07, 6.45) is -3.44. The predicted molar refractivity (Wildman–Crippen MR) is 177 cm³/mol. The van der Waals surface area contributed by atoms with Crippen molar-refractivity contribution in [2.24, 2.45) is 5.41 Å². The van der Waals surface area contributed by atoms with Gasteiger partial charge in [-0.2, -0.15) is 0 Å². The van der Waals surface area contributed by atoms with Gasteiger partial charge >= 0.3 is 24.1 Å². The van der Waals surface area contributed by atoms with Gasteiger partial charge in [0.05, 0.1) is 39.6 Å². The van der Waals surface area contributed by atoms with E-state index in [0.717, 1.165) is 5.56 Å². The predicted octanol–water partition coefficient (Wildman–Crippen LogP) is 4.71. The summed E-state index contributed by atoms with van der Waals surface area (Å²) >= 11 is 0. The Balaban J connectivity index is 1.75. The first-order valence-electron chi connectivity index (χ1n) is 16.5. The van der Waals surface area contributed by atoms with Gasteiger partial charge in [-0.3, -0.25) is 4.90 Å². The first-order chi connectivity index (χ1) is 22.2. The second-order valence-electron chi connectivity index (χ2n) is 15.9. The quantitative estimate of drug-likeness (QED) is 0.199. The Morgan fingerprint density at radius 2 is 1.62 bits per heavy atom. The molecule has 1 aromatic carbocycles. The number of likely N-dealkylation sites (tertiary alicyclic amines) is 1. The molecule has 14 heteroatoms. The van der Waals surface area contributed by atoms with Gasteiger partial charge < -0.3 is 43.3 Å². The zero-order valence-corrected chi connectivity index (χ0v) is 31.0. The SMILES string of the molecule is COC(=O)[C@]1([C@@H](O)[C@@H](NC(=O)OCc2ccccc2)C23OCC(C)(CO2)CO3)CC[C@H](CO[Si](C)(C)C(C)(C)C)N1C(=O)OC(C)(C)C. The van der Waals surface area contributed by atoms with E-state index in [4.69, 9.17) is 32.8 Å². The lowest BCUT2D eigenvalue weighted by Crippen LogP contribution is -2.76. The number of hydrogen-bond acceptors (Lipinski definition) is 11. The number of carbonyl (C=O) groups is 3. The average Bonchev–Trinajstić information content (AvgIpc) is 3.41. The second kappa shape index (κ2) is 13.9. The molecule has 5 rings (SSSR count). The molecular formula is C34H54N2O11Si. The van der Waals surface area contributed by atoms with Crippen molar-refractivity contribution in [1.29, 1.82) is 0 Å². The topological polar surface area (TPSA) is 151 Å². The van der Waals surface area contributed by atoms with Gasteiger partial charge in [0.1, 0.15) is 24.4 Å². The van der Waals surface area contributed by atoms with Crippen molar-refractivity contribution in [2.75, 3.05) is 33.5 Å². The minimum atomic E-state index is -2.31. The summed E-state index contributed by atoms with van der Waals surface area (Å²) in [7, 11) is -1.14. The number of esters is 1. The number of fused-ring (bicyclic) bond motifs is 3. The summed E-state index contributed by atoms with van der Waals surface area (Å²) in [5.74, 6) is -2.91. The molecule has 0 radical (unpaired) electrons. The fourth-order valence-corrected chi connectivity index (χ4v) is 6.97. The van der Waals surface area contributed by atoms with Crippen LogP contribution in [0.1, 0.15) is 66.9 Å². The summed E-state index contributed by atoms with van der Waals surface area (Å²) < 4.78 is 41.4. The molecule has 0 aromatic heterocycles. The fourth-order valence-electron chi connectivity index (χ4n) is 5.92. The zero-order valence-electron chi connectivity index (χ0n) is 30.0. The lowest BCUT2D eigenvalue weighted by molar-refractivity contribution is -0.479. The number of aliphatic hydroxyl groups is 1. The number of benzene rings is 1. The maximum Gasteiger partial charge on any atom is 0.411 e. The fraction of sp³-hybridized carbons (Fsp3) is 0.735. The number of alkyl carbamates (subject to hydrolysis) is 1. The van der Waals surface area contributed by atoms with Gasteiger partial charge in [-0.25, -0.2) is 14.4 Å². The van der Waals surface area contributed by atoms with Crippen LogP contribution in [0, 0.1) is 5.41 Å². The van der Waals surface area contributed by atoms with E-state index < -0.39 is 67.2 Å². The molecular weight excluding hydrogens is 640 g/mol. The van der Waals surface area contributed by atoms with Gasteiger partial charge in [0.15, 0.2) is 13.9 Å². The highest BCUT2D eigenvalue weighted by atomic mass is 28.4. The summed E-state index contributed by atoms with van der Waals surface area (Å²) in [4.78, 5) is 42.8. The number of carbonyl (C=O) groups excluding carboxylic acids is 3. The number of nitrogens with one attached hydrogen (secondary N) is 1. The first-order valence-corrected chi connectivity index (χ1v) is 19.4. The van der Waals surface area contributed by atoms with Crippen LogP contribution in [0.15, 0.2) is 30.3 Å². The van der Waals surface area contributed by atoms with Crippen molar-refractivity contribution >= 4 is 26.5 Å². The van der Waals surface area contributed by atoms with Gasteiger partial charge in [0.2, 0.25) is 0 Å². The summed E-state index contributed by atoms with van der Waals surface area (Å²) in [5, 5.41) is 15.1. The summed E-state index contributed by atoms with van der Waals surface area (Å²) in [6.45, 7) is 18.2. The molecule has 4 atom stereocenters. The van der Waals surface area contributed by atoms with E-state index in [9.17, 15) is 19.5 Å². The first kappa shape index (κ1) is 38.1. The third-order valence-electron chi connectivity index (χ3n) is 9.76. The zero-order chi connectivity index (χ0) is 35.8. The Morgan fingerprint density at radius 1 is 1.04 bits per heavy atom. The van der Waals surface area contributed by atoms with Crippen molar-refractivity contribution in [1.82, 2.24) is 10.2 Å². The molecule has 2 bridgehead atoms. The molecule has 1 aromatic rings. The van der Waals surface area contributed by atoms with Crippen LogP contribution in [-0.2, 0) is 44.2 Å². The van der Waals surface area contributed by atoms with Crippen LogP contribution in [0.4, 0.5) is 9.59 Å². The molecule has 0 saturated carbocycles. The molecule has 4 fully saturated rings. The number of nitrogens with zero attached hydrogens (tertiary/aromatic N) is 1. The molecule has 4 heterocycles. The van der Waals surface area contributed by atoms with Crippen LogP contribution in [0.25, 0.3) is 0 Å². The number of aliphatic hydroxyl groups excluding tert-OH is 1. The second-order valence-corrected chi connectivity index (χ2v) is 20.7. The van der Waals surface area contributed by atoms with Crippen molar-refractivity contribution in [3.8, 4) is 0 Å². The molecule has 0 aliphatic carbocycles. The molecule has 0 unspecified atom stereocenters. The summed E-state index contributed by atoms with van der Waals surface area (Å²) in [6, 6.07) is 6.82. The number of methoxy groups -OCH3 is 1. The Hall–Kier alpha value is -2.75.